The Bertz CT molecular complexity index is 5720. The van der Waals surface area contributed by atoms with Crippen molar-refractivity contribution in [2.75, 3.05) is 47.5 Å². The zero-order valence-electron chi connectivity index (χ0n) is 70.9. The van der Waals surface area contributed by atoms with Crippen molar-refractivity contribution in [3.8, 4) is 67.3 Å². The third-order valence-corrected chi connectivity index (χ3v) is 23.2. The number of hydrogen-bond acceptors (Lipinski definition) is 16. The number of rotatable bonds is 21. The summed E-state index contributed by atoms with van der Waals surface area (Å²) in [6.07, 6.45) is 10.4. The molecule has 2 unspecified atom stereocenters. The smallest absolute Gasteiger partial charge is 0.410 e. The van der Waals surface area contributed by atoms with E-state index in [1.54, 1.807) is 46.2 Å². The second-order valence-corrected chi connectivity index (χ2v) is 33.2. The zero-order valence-corrected chi connectivity index (χ0v) is 70.9. The Kier molecular flexibility index (Phi) is 26.8. The Morgan fingerprint density at radius 2 is 0.715 bits per heavy atom. The quantitative estimate of drug-likeness (QED) is 0.0310. The maximum absolute atomic E-state index is 13.6. The molecule has 4 aliphatic heterocycles. The van der Waals surface area contributed by atoms with Gasteiger partial charge in [0.2, 0.25) is 11.8 Å². The lowest BCUT2D eigenvalue weighted by molar-refractivity contribution is -0.149. The number of carboxylic acids is 1. The molecule has 0 saturated carbocycles. The highest BCUT2D eigenvalue weighted by Gasteiger charge is 2.41. The van der Waals surface area contributed by atoms with Crippen LogP contribution in [-0.2, 0) is 38.1 Å². The minimum absolute atomic E-state index is 0.0963. The molecule has 8 aromatic carbocycles. The standard InChI is InChI=1S/C45H47N7O5.C42H49N7O5.C9H10O3/c1-27(2)39(50-45(56)57-3)43(54)51-21-7-11-37(51)41-47-26-36(49-41)34-20-19-32-23-31(17-18-33(32)24-34)28-13-15-29(16-14-28)35-25-46-42(48-35)38-12-8-22-52(38)44(55)40(53)30-9-5-4-6-10-30;1-25(2)36(47-40(51)53-6)39(50)48-19-7-9-34(48)37-44-24-33(46-37)31-18-17-29-21-28(15-16-30(29)22-31)26-11-13-27(14-12-26)32-23-43-38(45-32)35-10-8-20-49(35)41(52)54-42(3,4)5;1-12-8(9(10)11)7-5-3-2-4-6-7/h4-6,9-10,13-20,23-27,37-40,53H,7-8,11-12,21-22H2,1-3H3,(H,46,48)(H,47,49)(H,50,56);11-18,21-25,34-36H,7-10,19-20H2,1-6H3,(H,43,45)(H,44,46)(H,47,51);2-6,8H,1H3,(H,10,11)/t37-,38?,39-,40+;34-,35?,36-;8-/m001/s1. The van der Waals surface area contributed by atoms with Crippen LogP contribution in [0.4, 0.5) is 14.4 Å². The Morgan fingerprint density at radius 1 is 0.407 bits per heavy atom. The van der Waals surface area contributed by atoms with E-state index in [-0.39, 0.29) is 59.8 Å². The van der Waals surface area contributed by atoms with E-state index in [0.29, 0.717) is 37.3 Å². The first kappa shape index (κ1) is 86.1. The molecule has 123 heavy (non-hydrogen) atoms. The number of carbonyl (C=O) groups excluding carboxylic acids is 6. The molecule has 0 radical (unpaired) electrons. The number of carbonyl (C=O) groups is 7. The van der Waals surface area contributed by atoms with Crippen LogP contribution in [0, 0.1) is 11.8 Å². The van der Waals surface area contributed by atoms with Gasteiger partial charge in [0.15, 0.2) is 12.2 Å². The Labute approximate surface area is 714 Å². The maximum atomic E-state index is 13.6. The predicted octanol–water partition coefficient (Wildman–Crippen LogP) is 17.6. The number of likely N-dealkylation sites (tertiary alicyclic amines) is 4. The highest BCUT2D eigenvalue weighted by atomic mass is 16.6. The number of imidazole rings is 4. The molecule has 8 heterocycles. The number of hydrogen-bond donors (Lipinski definition) is 8. The van der Waals surface area contributed by atoms with Crippen LogP contribution >= 0.6 is 0 Å². The average Bonchev–Trinajstić information content (AvgIpc) is 1.70. The van der Waals surface area contributed by atoms with E-state index in [1.807, 2.05) is 107 Å². The van der Waals surface area contributed by atoms with Gasteiger partial charge in [0, 0.05) is 44.4 Å². The van der Waals surface area contributed by atoms with Crippen LogP contribution in [0.5, 0.6) is 0 Å². The number of aromatic nitrogens is 8. The molecule has 4 saturated heterocycles. The number of benzene rings is 8. The first-order valence-corrected chi connectivity index (χ1v) is 42.0. The summed E-state index contributed by atoms with van der Waals surface area (Å²) in [7, 11) is 3.97. The fraction of sp³-hybridized carbons (Fsp3) is 0.344. The molecule has 0 aliphatic carbocycles. The summed E-state index contributed by atoms with van der Waals surface area (Å²) in [4.78, 5) is 128. The van der Waals surface area contributed by atoms with Gasteiger partial charge >= 0.3 is 24.2 Å². The number of aliphatic carboxylic acids is 1. The van der Waals surface area contributed by atoms with Gasteiger partial charge in [-0.1, -0.05) is 185 Å². The van der Waals surface area contributed by atoms with Crippen molar-refractivity contribution in [3.05, 3.63) is 241 Å². The predicted molar refractivity (Wildman–Crippen MR) is 469 cm³/mol. The Hall–Kier alpha value is -13.3. The minimum atomic E-state index is -1.20. The number of methoxy groups -OCH3 is 3. The van der Waals surface area contributed by atoms with Gasteiger partial charge in [0.05, 0.1) is 86.0 Å². The molecule has 0 bridgehead atoms. The molecule has 12 aromatic rings. The highest BCUT2D eigenvalue weighted by molar-refractivity contribution is 5.93. The molecule has 27 nitrogen and oxygen atoms in total. The van der Waals surface area contributed by atoms with E-state index >= 15 is 0 Å². The van der Waals surface area contributed by atoms with E-state index < -0.39 is 48.0 Å². The van der Waals surface area contributed by atoms with Crippen molar-refractivity contribution in [2.24, 2.45) is 11.8 Å². The van der Waals surface area contributed by atoms with Gasteiger partial charge in [-0.2, -0.15) is 0 Å². The van der Waals surface area contributed by atoms with Crippen molar-refractivity contribution >= 4 is 63.5 Å². The summed E-state index contributed by atoms with van der Waals surface area (Å²) in [5, 5.41) is 29.3. The third-order valence-electron chi connectivity index (χ3n) is 23.2. The first-order chi connectivity index (χ1) is 59.3. The monoisotopic (exact) mass is 1660 g/mol. The number of alkyl carbamates (subject to hydrolysis) is 2. The summed E-state index contributed by atoms with van der Waals surface area (Å²) in [6, 6.07) is 58.1. The van der Waals surface area contributed by atoms with Gasteiger partial charge in [0.25, 0.3) is 5.91 Å². The van der Waals surface area contributed by atoms with E-state index in [0.717, 1.165) is 163 Å². The normalized spacial score (nSPS) is 17.4. The molecular weight excluding hydrogens is 1560 g/mol. The third kappa shape index (κ3) is 19.9. The summed E-state index contributed by atoms with van der Waals surface area (Å²) in [6.45, 7) is 15.7. The molecule has 8 atom stereocenters. The van der Waals surface area contributed by atoms with Crippen LogP contribution in [0.15, 0.2) is 207 Å². The van der Waals surface area contributed by atoms with Crippen molar-refractivity contribution in [3.63, 3.8) is 0 Å². The van der Waals surface area contributed by atoms with E-state index in [9.17, 15) is 38.7 Å². The van der Waals surface area contributed by atoms with E-state index in [1.165, 1.54) is 21.3 Å². The van der Waals surface area contributed by atoms with Crippen molar-refractivity contribution < 1.29 is 62.7 Å². The van der Waals surface area contributed by atoms with Gasteiger partial charge in [-0.25, -0.2) is 39.1 Å². The number of aromatic amines is 4. The molecule has 16 rings (SSSR count). The van der Waals surface area contributed by atoms with Gasteiger partial charge in [-0.3, -0.25) is 19.3 Å². The molecule has 6 amide bonds. The lowest BCUT2D eigenvalue weighted by Crippen LogP contribution is -2.51. The lowest BCUT2D eigenvalue weighted by atomic mass is 9.98. The number of nitrogens with zero attached hydrogens (tertiary/aromatic N) is 8. The number of ether oxygens (including phenoxy) is 4. The summed E-state index contributed by atoms with van der Waals surface area (Å²) in [5.41, 5.74) is 12.6. The Morgan fingerprint density at radius 3 is 1.06 bits per heavy atom. The molecule has 4 aliphatic rings. The second kappa shape index (κ2) is 38.2. The van der Waals surface area contributed by atoms with Crippen molar-refractivity contribution in [2.45, 2.75) is 154 Å². The van der Waals surface area contributed by atoms with Crippen molar-refractivity contribution in [1.29, 1.82) is 0 Å². The van der Waals surface area contributed by atoms with Crippen LogP contribution in [-0.4, -0.2) is 177 Å². The average molecular weight is 1660 g/mol. The summed E-state index contributed by atoms with van der Waals surface area (Å²) in [5.74, 6) is 1.23. The molecule has 4 fully saturated rings. The van der Waals surface area contributed by atoms with Gasteiger partial charge in [-0.05, 0) is 174 Å². The zero-order chi connectivity index (χ0) is 86.8. The van der Waals surface area contributed by atoms with Crippen LogP contribution in [0.25, 0.3) is 88.8 Å². The fourth-order valence-electron chi connectivity index (χ4n) is 16.7. The van der Waals surface area contributed by atoms with Gasteiger partial charge in [0.1, 0.15) is 41.0 Å². The number of carboxylic acid groups (broad SMARTS) is 1. The first-order valence-electron chi connectivity index (χ1n) is 42.0. The number of aliphatic hydroxyl groups excluding tert-OH is 1. The molecule has 638 valence electrons. The molecule has 8 N–H and O–H groups in total. The maximum Gasteiger partial charge on any atom is 0.410 e. The number of amides is 6. The van der Waals surface area contributed by atoms with Crippen LogP contribution < -0.4 is 10.6 Å². The molecule has 4 aromatic heterocycles. The van der Waals surface area contributed by atoms with Gasteiger partial charge in [-0.15, -0.1) is 0 Å². The van der Waals surface area contributed by atoms with E-state index in [2.05, 4.69) is 162 Å². The van der Waals surface area contributed by atoms with Crippen LogP contribution in [0.3, 0.4) is 0 Å². The number of nitrogens with one attached hydrogen (secondary N) is 6. The number of H-pyrrole nitrogens is 4. The fourth-order valence-corrected chi connectivity index (χ4v) is 16.7. The summed E-state index contributed by atoms with van der Waals surface area (Å²) < 4.78 is 20.0. The molecule has 27 heteroatoms. The van der Waals surface area contributed by atoms with Crippen molar-refractivity contribution in [1.82, 2.24) is 70.1 Å². The minimum Gasteiger partial charge on any atom is -0.479 e. The highest BCUT2D eigenvalue weighted by Crippen LogP contribution is 2.40. The summed E-state index contributed by atoms with van der Waals surface area (Å²) >= 11 is 0. The largest absolute Gasteiger partial charge is 0.479 e. The van der Waals surface area contributed by atoms with Crippen LogP contribution in [0.2, 0.25) is 0 Å². The SMILES string of the molecule is COC(=O)N[C@H](C(=O)N1CCC[C@H]1c1ncc(-c2ccc3cc(-c4ccc(-c5cnc(C6CCCN6C(=O)OC(C)(C)C)[nH]5)cc4)ccc3c2)[nH]1)C(C)C.COC(=O)N[C@H](C(=O)N1CCC[C@H]1c1ncc(-c2ccc3cc(-c4ccc(-c5cnc(C6CCCN6C(=O)[C@H](O)c6ccccc6)[nH]5)cc4)ccc3c2)[nH]1)C(C)C.CO[C@@H](C(=O)O)c1ccccc1. The topological polar surface area (TPSA) is 349 Å². The number of aliphatic hydroxyl groups is 1. The van der Waals surface area contributed by atoms with Gasteiger partial charge < -0.3 is 74.4 Å². The number of fused-ring (bicyclic) bond motifs is 2. The molecular formula is C96H106N14O13. The van der Waals surface area contributed by atoms with Crippen LogP contribution in [0.1, 0.15) is 171 Å². The second-order valence-electron chi connectivity index (χ2n) is 33.2. The Balaban J connectivity index is 0.000000177. The van der Waals surface area contributed by atoms with E-state index in [4.69, 9.17) is 34.0 Å². The molecule has 0 spiro atoms. The lowest BCUT2D eigenvalue weighted by Gasteiger charge is -2.30.